The lowest BCUT2D eigenvalue weighted by Gasteiger charge is -2.22. The summed E-state index contributed by atoms with van der Waals surface area (Å²) in [5.74, 6) is -10.7. The number of hydrogen-bond donors (Lipinski definition) is 1. The number of aromatic hydroxyl groups is 1. The van der Waals surface area contributed by atoms with E-state index in [4.69, 9.17) is 0 Å². The van der Waals surface area contributed by atoms with Crippen LogP contribution in [0.5, 0.6) is 5.75 Å². The molecule has 3 rings (SSSR count). The molecule has 0 aliphatic rings. The van der Waals surface area contributed by atoms with E-state index in [0.717, 1.165) is 11.8 Å². The van der Waals surface area contributed by atoms with E-state index in [1.54, 1.807) is 42.5 Å². The number of aliphatic imine (C=N–C) groups is 1. The van der Waals surface area contributed by atoms with E-state index < -0.39 is 34.8 Å². The highest BCUT2D eigenvalue weighted by Gasteiger charge is 2.25. The van der Waals surface area contributed by atoms with Gasteiger partial charge in [0.1, 0.15) is 11.4 Å². The maximum absolute atomic E-state index is 13.9. The van der Waals surface area contributed by atoms with Crippen LogP contribution in [0.25, 0.3) is 11.1 Å². The smallest absolute Gasteiger partial charge is 0.200 e. The fourth-order valence-corrected chi connectivity index (χ4v) is 2.87. The monoisotopic (exact) mass is 419 g/mol. The third kappa shape index (κ3) is 3.92. The zero-order chi connectivity index (χ0) is 22.2. The molecule has 0 radical (unpaired) electrons. The molecule has 3 aromatic rings. The van der Waals surface area contributed by atoms with Gasteiger partial charge >= 0.3 is 0 Å². The first-order chi connectivity index (χ1) is 14.0. The maximum Gasteiger partial charge on any atom is 0.200 e. The van der Waals surface area contributed by atoms with E-state index in [2.05, 4.69) is 4.99 Å². The molecule has 0 amide bonds. The predicted molar refractivity (Wildman–Crippen MR) is 106 cm³/mol. The van der Waals surface area contributed by atoms with Crippen molar-refractivity contribution in [3.8, 4) is 16.9 Å². The van der Waals surface area contributed by atoms with E-state index in [1.165, 1.54) is 0 Å². The van der Waals surface area contributed by atoms with Gasteiger partial charge in [-0.25, -0.2) is 26.9 Å². The zero-order valence-electron chi connectivity index (χ0n) is 16.4. The minimum atomic E-state index is -2.26. The summed E-state index contributed by atoms with van der Waals surface area (Å²) in [6.45, 7) is 5.79. The van der Waals surface area contributed by atoms with E-state index in [9.17, 15) is 27.1 Å². The van der Waals surface area contributed by atoms with E-state index in [-0.39, 0.29) is 16.7 Å². The molecule has 2 nitrogen and oxygen atoms in total. The van der Waals surface area contributed by atoms with E-state index in [0.29, 0.717) is 11.1 Å². The molecule has 0 aliphatic heterocycles. The molecule has 0 aliphatic carbocycles. The molecule has 0 bridgehead atoms. The summed E-state index contributed by atoms with van der Waals surface area (Å²) in [4.78, 5) is 3.48. The van der Waals surface area contributed by atoms with Gasteiger partial charge in [0.25, 0.3) is 0 Å². The second-order valence-corrected chi connectivity index (χ2v) is 7.75. The quantitative estimate of drug-likeness (QED) is 0.215. The summed E-state index contributed by atoms with van der Waals surface area (Å²) in [5.41, 5.74) is 0.301. The normalized spacial score (nSPS) is 12.0. The molecule has 7 heteroatoms. The average Bonchev–Trinajstić information content (AvgIpc) is 2.71. The molecular weight excluding hydrogens is 401 g/mol. The van der Waals surface area contributed by atoms with Crippen LogP contribution in [0.15, 0.2) is 47.5 Å². The van der Waals surface area contributed by atoms with Gasteiger partial charge in [-0.3, -0.25) is 0 Å². The highest BCUT2D eigenvalue weighted by atomic mass is 19.2. The second-order valence-electron chi connectivity index (χ2n) is 7.75. The Morgan fingerprint density at radius 2 is 1.33 bits per heavy atom. The molecule has 156 valence electrons. The second kappa shape index (κ2) is 7.89. The molecule has 0 saturated carbocycles. The number of benzene rings is 3. The number of nitrogens with zero attached hydrogens (tertiary/aromatic N) is 1. The molecule has 0 spiro atoms. The zero-order valence-corrected chi connectivity index (χ0v) is 16.4. The summed E-state index contributed by atoms with van der Waals surface area (Å²) in [6, 6.07) is 12.2. The SMILES string of the molecule is CC(C)(C)c1cc(C=Nc2c(F)c(F)c(F)c(F)c2F)c(O)c(-c2ccccc2)c1. The lowest BCUT2D eigenvalue weighted by Crippen LogP contribution is -2.12. The number of hydrogen-bond acceptors (Lipinski definition) is 2. The predicted octanol–water partition coefficient (Wildman–Crippen LogP) is 6.80. The molecule has 0 fully saturated rings. The third-order valence-corrected chi connectivity index (χ3v) is 4.61. The highest BCUT2D eigenvalue weighted by molar-refractivity contribution is 5.90. The molecule has 0 unspecified atom stereocenters. The van der Waals surface area contributed by atoms with Crippen molar-refractivity contribution in [3.63, 3.8) is 0 Å². The molecule has 0 saturated heterocycles. The summed E-state index contributed by atoms with van der Waals surface area (Å²) in [5, 5.41) is 10.7. The molecule has 0 heterocycles. The fourth-order valence-electron chi connectivity index (χ4n) is 2.87. The number of phenolic OH excluding ortho intramolecular Hbond substituents is 1. The van der Waals surface area contributed by atoms with Crippen molar-refractivity contribution in [2.45, 2.75) is 26.2 Å². The number of halogens is 5. The van der Waals surface area contributed by atoms with Crippen molar-refractivity contribution >= 4 is 11.9 Å². The molecule has 0 aromatic heterocycles. The summed E-state index contributed by atoms with van der Waals surface area (Å²) in [7, 11) is 0. The Morgan fingerprint density at radius 1 is 0.800 bits per heavy atom. The van der Waals surface area contributed by atoms with Crippen LogP contribution in [0, 0.1) is 29.1 Å². The Bertz CT molecular complexity index is 1110. The first-order valence-corrected chi connectivity index (χ1v) is 9.00. The van der Waals surface area contributed by atoms with Gasteiger partial charge in [0.15, 0.2) is 23.3 Å². The first kappa shape index (κ1) is 21.5. The van der Waals surface area contributed by atoms with Crippen LogP contribution in [-0.2, 0) is 5.41 Å². The Hall–Kier alpha value is -3.22. The van der Waals surface area contributed by atoms with Crippen LogP contribution in [0.1, 0.15) is 31.9 Å². The molecule has 1 N–H and O–H groups in total. The number of phenols is 1. The number of rotatable bonds is 3. The minimum absolute atomic E-state index is 0.0743. The average molecular weight is 419 g/mol. The lowest BCUT2D eigenvalue weighted by atomic mass is 9.84. The fraction of sp³-hybridized carbons (Fsp3) is 0.174. The van der Waals surface area contributed by atoms with Crippen molar-refractivity contribution in [2.24, 2.45) is 4.99 Å². The Kier molecular flexibility index (Phi) is 5.65. The van der Waals surface area contributed by atoms with Gasteiger partial charge in [-0.15, -0.1) is 0 Å². The topological polar surface area (TPSA) is 32.6 Å². The van der Waals surface area contributed by atoms with Gasteiger partial charge in [-0.1, -0.05) is 51.1 Å². The summed E-state index contributed by atoms with van der Waals surface area (Å²) in [6.07, 6.45) is 0.884. The van der Waals surface area contributed by atoms with Crippen LogP contribution < -0.4 is 0 Å². The van der Waals surface area contributed by atoms with Crippen molar-refractivity contribution < 1.29 is 27.1 Å². The van der Waals surface area contributed by atoms with Crippen molar-refractivity contribution in [2.75, 3.05) is 0 Å². The van der Waals surface area contributed by atoms with Gasteiger partial charge in [-0.05, 0) is 28.7 Å². The van der Waals surface area contributed by atoms with Crippen LogP contribution in [-0.4, -0.2) is 11.3 Å². The van der Waals surface area contributed by atoms with Gasteiger partial charge in [-0.2, -0.15) is 0 Å². The molecule has 0 atom stereocenters. The van der Waals surface area contributed by atoms with Crippen LogP contribution in [0.4, 0.5) is 27.6 Å². The van der Waals surface area contributed by atoms with E-state index in [1.807, 2.05) is 20.8 Å². The molecule has 3 aromatic carbocycles. The van der Waals surface area contributed by atoms with Gasteiger partial charge in [0, 0.05) is 17.3 Å². The van der Waals surface area contributed by atoms with Crippen molar-refractivity contribution in [1.29, 1.82) is 0 Å². The Labute approximate surface area is 170 Å². The van der Waals surface area contributed by atoms with Gasteiger partial charge in [0.2, 0.25) is 5.82 Å². The third-order valence-electron chi connectivity index (χ3n) is 4.61. The van der Waals surface area contributed by atoms with E-state index >= 15 is 0 Å². The summed E-state index contributed by atoms with van der Waals surface area (Å²) >= 11 is 0. The first-order valence-electron chi connectivity index (χ1n) is 9.00. The van der Waals surface area contributed by atoms with Crippen LogP contribution >= 0.6 is 0 Å². The highest BCUT2D eigenvalue weighted by Crippen LogP contribution is 2.37. The maximum atomic E-state index is 13.9. The molecular formula is C23H18F5NO. The Balaban J connectivity index is 2.20. The molecule has 30 heavy (non-hydrogen) atoms. The Morgan fingerprint density at radius 3 is 1.87 bits per heavy atom. The standard InChI is InChI=1S/C23H18F5NO/c1-23(2,3)14-9-13(22(30)15(10-14)12-7-5-4-6-8-12)11-29-21-19(27)17(25)16(24)18(26)20(21)28/h4-11,30H,1-3H3. The van der Waals surface area contributed by atoms with Gasteiger partial charge in [0.05, 0.1) is 0 Å². The van der Waals surface area contributed by atoms with Gasteiger partial charge < -0.3 is 5.11 Å². The van der Waals surface area contributed by atoms with Crippen molar-refractivity contribution in [1.82, 2.24) is 0 Å². The largest absolute Gasteiger partial charge is 0.507 e. The lowest BCUT2D eigenvalue weighted by molar-refractivity contribution is 0.381. The van der Waals surface area contributed by atoms with Crippen LogP contribution in [0.3, 0.4) is 0 Å². The van der Waals surface area contributed by atoms with Crippen molar-refractivity contribution in [3.05, 3.63) is 82.7 Å². The minimum Gasteiger partial charge on any atom is -0.507 e. The summed E-state index contributed by atoms with van der Waals surface area (Å²) < 4.78 is 67.9. The van der Waals surface area contributed by atoms with Crippen LogP contribution in [0.2, 0.25) is 0 Å².